The second-order valence-corrected chi connectivity index (χ2v) is 4.67. The van der Waals surface area contributed by atoms with Gasteiger partial charge in [0.1, 0.15) is 11.6 Å². The van der Waals surface area contributed by atoms with Gasteiger partial charge in [-0.15, -0.1) is 0 Å². The highest BCUT2D eigenvalue weighted by molar-refractivity contribution is 5.94. The summed E-state index contributed by atoms with van der Waals surface area (Å²) in [6, 6.07) is 9.52. The van der Waals surface area contributed by atoms with Crippen LogP contribution in [0.3, 0.4) is 0 Å². The third-order valence-electron chi connectivity index (χ3n) is 2.92. The summed E-state index contributed by atoms with van der Waals surface area (Å²) < 4.78 is 13.1. The highest BCUT2D eigenvalue weighted by atomic mass is 19.1. The molecule has 0 fully saturated rings. The van der Waals surface area contributed by atoms with Crippen LogP contribution in [0.1, 0.15) is 29.3 Å². The maximum absolute atomic E-state index is 13.1. The van der Waals surface area contributed by atoms with Gasteiger partial charge < -0.3 is 10.6 Å². The van der Waals surface area contributed by atoms with Crippen LogP contribution in [0.5, 0.6) is 0 Å². The van der Waals surface area contributed by atoms with E-state index < -0.39 is 0 Å². The number of nitrogens with zero attached hydrogens (tertiary/aromatic N) is 1. The predicted octanol–water partition coefficient (Wildman–Crippen LogP) is 2.97. The van der Waals surface area contributed by atoms with Crippen molar-refractivity contribution in [3.63, 3.8) is 0 Å². The SMILES string of the molecule is CCCNc1cc(C(=O)NCc2cccc(F)c2)ccn1. The minimum absolute atomic E-state index is 0.207. The van der Waals surface area contributed by atoms with Crippen molar-refractivity contribution in [2.24, 2.45) is 0 Å². The molecule has 2 aromatic rings. The molecule has 0 bridgehead atoms. The van der Waals surface area contributed by atoms with Crippen molar-refractivity contribution < 1.29 is 9.18 Å². The van der Waals surface area contributed by atoms with Crippen LogP contribution in [-0.2, 0) is 6.54 Å². The van der Waals surface area contributed by atoms with Gasteiger partial charge in [0.05, 0.1) is 0 Å². The molecular formula is C16H18FN3O. The van der Waals surface area contributed by atoms with Crippen molar-refractivity contribution in [1.82, 2.24) is 10.3 Å². The van der Waals surface area contributed by atoms with E-state index in [1.54, 1.807) is 30.5 Å². The van der Waals surface area contributed by atoms with Crippen LogP contribution in [0, 0.1) is 5.82 Å². The molecule has 4 nitrogen and oxygen atoms in total. The lowest BCUT2D eigenvalue weighted by molar-refractivity contribution is 0.0951. The Hall–Kier alpha value is -2.43. The lowest BCUT2D eigenvalue weighted by atomic mass is 10.2. The second kappa shape index (κ2) is 7.38. The summed E-state index contributed by atoms with van der Waals surface area (Å²) in [5.41, 5.74) is 1.25. The number of hydrogen-bond acceptors (Lipinski definition) is 3. The van der Waals surface area contributed by atoms with Gasteiger partial charge in [0.2, 0.25) is 0 Å². The van der Waals surface area contributed by atoms with Gasteiger partial charge in [0.15, 0.2) is 0 Å². The first-order valence-electron chi connectivity index (χ1n) is 6.91. The summed E-state index contributed by atoms with van der Waals surface area (Å²) in [5, 5.41) is 5.89. The van der Waals surface area contributed by atoms with E-state index in [9.17, 15) is 9.18 Å². The number of hydrogen-bond donors (Lipinski definition) is 2. The number of pyridine rings is 1. The van der Waals surface area contributed by atoms with E-state index in [0.29, 0.717) is 11.4 Å². The molecule has 0 saturated heterocycles. The summed E-state index contributed by atoms with van der Waals surface area (Å²) >= 11 is 0. The number of carbonyl (C=O) groups is 1. The van der Waals surface area contributed by atoms with E-state index in [4.69, 9.17) is 0 Å². The molecule has 1 amide bonds. The van der Waals surface area contributed by atoms with Gasteiger partial charge >= 0.3 is 0 Å². The molecule has 1 aromatic heterocycles. The minimum atomic E-state index is -0.309. The molecule has 0 aliphatic rings. The van der Waals surface area contributed by atoms with E-state index in [-0.39, 0.29) is 18.3 Å². The number of halogens is 1. The Labute approximate surface area is 123 Å². The lowest BCUT2D eigenvalue weighted by Gasteiger charge is -2.08. The molecule has 2 rings (SSSR count). The first-order chi connectivity index (χ1) is 10.2. The minimum Gasteiger partial charge on any atom is -0.370 e. The first-order valence-corrected chi connectivity index (χ1v) is 6.91. The molecule has 0 radical (unpaired) electrons. The molecule has 110 valence electrons. The number of nitrogens with one attached hydrogen (secondary N) is 2. The maximum atomic E-state index is 13.1. The zero-order valence-electron chi connectivity index (χ0n) is 11.9. The average Bonchev–Trinajstić information content (AvgIpc) is 2.51. The molecule has 0 saturated carbocycles. The van der Waals surface area contributed by atoms with Gasteiger partial charge in [-0.25, -0.2) is 9.37 Å². The standard InChI is InChI=1S/C16H18FN3O/c1-2-7-18-15-10-13(6-8-19-15)16(21)20-11-12-4-3-5-14(17)9-12/h3-6,8-10H,2,7,11H2,1H3,(H,18,19)(H,20,21). The Kier molecular flexibility index (Phi) is 5.26. The molecule has 0 aliphatic carbocycles. The van der Waals surface area contributed by atoms with Gasteiger partial charge in [0.25, 0.3) is 5.91 Å². The largest absolute Gasteiger partial charge is 0.370 e. The fourth-order valence-electron chi connectivity index (χ4n) is 1.85. The summed E-state index contributed by atoms with van der Waals surface area (Å²) in [5.74, 6) is 0.160. The Morgan fingerprint density at radius 3 is 2.90 bits per heavy atom. The lowest BCUT2D eigenvalue weighted by Crippen LogP contribution is -2.23. The average molecular weight is 287 g/mol. The normalized spacial score (nSPS) is 10.2. The molecule has 1 heterocycles. The molecule has 1 aromatic carbocycles. The topological polar surface area (TPSA) is 54.0 Å². The van der Waals surface area contributed by atoms with Gasteiger partial charge in [-0.2, -0.15) is 0 Å². The quantitative estimate of drug-likeness (QED) is 0.859. The van der Waals surface area contributed by atoms with Gasteiger partial charge in [-0.05, 0) is 36.2 Å². The molecule has 0 spiro atoms. The zero-order valence-corrected chi connectivity index (χ0v) is 11.9. The molecule has 5 heteroatoms. The van der Waals surface area contributed by atoms with Crippen molar-refractivity contribution >= 4 is 11.7 Å². The number of amides is 1. The highest BCUT2D eigenvalue weighted by Gasteiger charge is 2.06. The van der Waals surface area contributed by atoms with Crippen molar-refractivity contribution in [2.45, 2.75) is 19.9 Å². The number of anilines is 1. The van der Waals surface area contributed by atoms with E-state index in [0.717, 1.165) is 18.5 Å². The van der Waals surface area contributed by atoms with Gasteiger partial charge in [-0.3, -0.25) is 4.79 Å². The van der Waals surface area contributed by atoms with Crippen LogP contribution in [0.25, 0.3) is 0 Å². The molecular weight excluding hydrogens is 269 g/mol. The van der Waals surface area contributed by atoms with Gasteiger partial charge in [0, 0.05) is 24.8 Å². The third kappa shape index (κ3) is 4.56. The summed E-state index contributed by atoms with van der Waals surface area (Å²) in [6.45, 7) is 3.15. The fraction of sp³-hybridized carbons (Fsp3) is 0.250. The van der Waals surface area contributed by atoms with Crippen LogP contribution in [-0.4, -0.2) is 17.4 Å². The van der Waals surface area contributed by atoms with E-state index >= 15 is 0 Å². The summed E-state index contributed by atoms with van der Waals surface area (Å²) in [6.07, 6.45) is 2.58. The van der Waals surface area contributed by atoms with Crippen molar-refractivity contribution in [2.75, 3.05) is 11.9 Å². The monoisotopic (exact) mass is 287 g/mol. The Morgan fingerprint density at radius 1 is 1.29 bits per heavy atom. The molecule has 0 unspecified atom stereocenters. The molecule has 0 aliphatic heterocycles. The van der Waals surface area contributed by atoms with E-state index in [1.807, 2.05) is 0 Å². The Morgan fingerprint density at radius 2 is 2.14 bits per heavy atom. The van der Waals surface area contributed by atoms with Crippen molar-refractivity contribution in [3.05, 3.63) is 59.5 Å². The Bertz CT molecular complexity index is 616. The van der Waals surface area contributed by atoms with E-state index in [2.05, 4.69) is 22.5 Å². The number of carbonyl (C=O) groups excluding carboxylic acids is 1. The molecule has 2 N–H and O–H groups in total. The number of rotatable bonds is 6. The maximum Gasteiger partial charge on any atom is 0.251 e. The Balaban J connectivity index is 1.96. The van der Waals surface area contributed by atoms with Crippen LogP contribution in [0.4, 0.5) is 10.2 Å². The predicted molar refractivity (Wildman–Crippen MR) is 80.6 cm³/mol. The third-order valence-corrected chi connectivity index (χ3v) is 2.92. The zero-order chi connectivity index (χ0) is 15.1. The van der Waals surface area contributed by atoms with Crippen molar-refractivity contribution in [3.8, 4) is 0 Å². The van der Waals surface area contributed by atoms with E-state index in [1.165, 1.54) is 12.1 Å². The van der Waals surface area contributed by atoms with Crippen molar-refractivity contribution in [1.29, 1.82) is 0 Å². The smallest absolute Gasteiger partial charge is 0.251 e. The van der Waals surface area contributed by atoms with Crippen LogP contribution >= 0.6 is 0 Å². The van der Waals surface area contributed by atoms with Crippen LogP contribution in [0.2, 0.25) is 0 Å². The molecule has 21 heavy (non-hydrogen) atoms. The summed E-state index contributed by atoms with van der Waals surface area (Å²) in [4.78, 5) is 16.2. The second-order valence-electron chi connectivity index (χ2n) is 4.67. The first kappa shape index (κ1) is 15.0. The molecule has 0 atom stereocenters. The number of benzene rings is 1. The van der Waals surface area contributed by atoms with Crippen LogP contribution in [0.15, 0.2) is 42.6 Å². The highest BCUT2D eigenvalue weighted by Crippen LogP contribution is 2.08. The van der Waals surface area contributed by atoms with Crippen LogP contribution < -0.4 is 10.6 Å². The summed E-state index contributed by atoms with van der Waals surface area (Å²) in [7, 11) is 0. The number of aromatic nitrogens is 1. The fourth-order valence-corrected chi connectivity index (χ4v) is 1.85. The van der Waals surface area contributed by atoms with Gasteiger partial charge in [-0.1, -0.05) is 19.1 Å².